The molecule has 1 atom stereocenters. The van der Waals surface area contributed by atoms with Crippen molar-refractivity contribution in [3.05, 3.63) is 48.0 Å². The lowest BCUT2D eigenvalue weighted by molar-refractivity contribution is 0.238. The van der Waals surface area contributed by atoms with Crippen molar-refractivity contribution in [1.29, 1.82) is 0 Å². The summed E-state index contributed by atoms with van der Waals surface area (Å²) in [4.78, 5) is 7.01. The number of benzene rings is 1. The van der Waals surface area contributed by atoms with E-state index in [2.05, 4.69) is 88.9 Å². The Morgan fingerprint density at radius 2 is 2.00 bits per heavy atom. The number of hydrogen-bond donors (Lipinski definition) is 2. The van der Waals surface area contributed by atoms with Crippen LogP contribution >= 0.6 is 0 Å². The molecule has 0 bridgehead atoms. The van der Waals surface area contributed by atoms with E-state index in [4.69, 9.17) is 0 Å². The number of aromatic nitrogens is 3. The molecule has 0 aliphatic carbocycles. The predicted octanol–water partition coefficient (Wildman–Crippen LogP) is 2.26. The van der Waals surface area contributed by atoms with E-state index in [1.807, 2.05) is 4.57 Å². The highest BCUT2D eigenvalue weighted by molar-refractivity contribution is 5.79. The zero-order valence-corrected chi connectivity index (χ0v) is 17.0. The fraction of sp³-hybridized carbons (Fsp3) is 0.550. The molecule has 1 unspecified atom stereocenters. The topological polar surface area (TPSA) is 70.4 Å². The molecule has 0 spiro atoms. The van der Waals surface area contributed by atoms with E-state index < -0.39 is 0 Å². The quantitative estimate of drug-likeness (QED) is 0.495. The molecule has 0 saturated carbocycles. The summed E-state index contributed by atoms with van der Waals surface area (Å²) in [5, 5.41) is 14.8. The summed E-state index contributed by atoms with van der Waals surface area (Å²) in [5.41, 5.74) is 1.34. The van der Waals surface area contributed by atoms with E-state index in [1.54, 1.807) is 6.33 Å². The Balaban J connectivity index is 1.80. The Bertz CT molecular complexity index is 681. The third-order valence-electron chi connectivity index (χ3n) is 4.64. The SMILES string of the molecule is CCNC(=NCc1nncn1CC)NCCC(C)N(C)Cc1ccccc1. The van der Waals surface area contributed by atoms with Gasteiger partial charge >= 0.3 is 0 Å². The van der Waals surface area contributed by atoms with Crippen LogP contribution in [0.3, 0.4) is 0 Å². The van der Waals surface area contributed by atoms with Crippen LogP contribution in [0.2, 0.25) is 0 Å². The maximum absolute atomic E-state index is 4.63. The van der Waals surface area contributed by atoms with Crippen LogP contribution in [0.25, 0.3) is 0 Å². The number of nitrogens with zero attached hydrogens (tertiary/aromatic N) is 5. The van der Waals surface area contributed by atoms with Crippen molar-refractivity contribution < 1.29 is 0 Å². The molecule has 148 valence electrons. The van der Waals surface area contributed by atoms with Gasteiger partial charge in [0, 0.05) is 32.2 Å². The van der Waals surface area contributed by atoms with E-state index in [0.717, 1.165) is 44.4 Å². The van der Waals surface area contributed by atoms with Gasteiger partial charge in [0.2, 0.25) is 0 Å². The minimum absolute atomic E-state index is 0.476. The molecule has 1 aromatic heterocycles. The number of aliphatic imine (C=N–C) groups is 1. The van der Waals surface area contributed by atoms with Crippen molar-refractivity contribution >= 4 is 5.96 Å². The highest BCUT2D eigenvalue weighted by atomic mass is 15.3. The van der Waals surface area contributed by atoms with E-state index in [9.17, 15) is 0 Å². The Morgan fingerprint density at radius 1 is 1.22 bits per heavy atom. The van der Waals surface area contributed by atoms with Gasteiger partial charge in [-0.3, -0.25) is 4.90 Å². The first-order valence-corrected chi connectivity index (χ1v) is 9.77. The summed E-state index contributed by atoms with van der Waals surface area (Å²) in [6.45, 7) is 10.4. The Kier molecular flexibility index (Phi) is 8.77. The van der Waals surface area contributed by atoms with Gasteiger partial charge in [0.05, 0.1) is 0 Å². The van der Waals surface area contributed by atoms with E-state index in [-0.39, 0.29) is 0 Å². The lowest BCUT2D eigenvalue weighted by Crippen LogP contribution is -2.40. The summed E-state index contributed by atoms with van der Waals surface area (Å²) < 4.78 is 2.01. The number of guanidine groups is 1. The lowest BCUT2D eigenvalue weighted by atomic mass is 10.1. The van der Waals surface area contributed by atoms with Crippen molar-refractivity contribution in [1.82, 2.24) is 30.3 Å². The summed E-state index contributed by atoms with van der Waals surface area (Å²) in [6.07, 6.45) is 2.79. The average molecular weight is 372 g/mol. The largest absolute Gasteiger partial charge is 0.357 e. The number of rotatable bonds is 10. The molecular formula is C20H33N7. The number of hydrogen-bond acceptors (Lipinski definition) is 4. The van der Waals surface area contributed by atoms with E-state index in [0.29, 0.717) is 12.6 Å². The molecule has 0 saturated heterocycles. The lowest BCUT2D eigenvalue weighted by Gasteiger charge is -2.25. The molecule has 7 nitrogen and oxygen atoms in total. The Labute approximate surface area is 162 Å². The third-order valence-corrected chi connectivity index (χ3v) is 4.64. The van der Waals surface area contributed by atoms with Gasteiger partial charge in [-0.2, -0.15) is 0 Å². The number of nitrogens with one attached hydrogen (secondary N) is 2. The van der Waals surface area contributed by atoms with Crippen molar-refractivity contribution in [2.24, 2.45) is 4.99 Å². The molecule has 2 aromatic rings. The van der Waals surface area contributed by atoms with Crippen LogP contribution in [-0.4, -0.2) is 51.8 Å². The highest BCUT2D eigenvalue weighted by Gasteiger charge is 2.10. The van der Waals surface area contributed by atoms with Gasteiger partial charge in [-0.15, -0.1) is 10.2 Å². The molecule has 1 aromatic carbocycles. The standard InChI is InChI=1S/C20H33N7/c1-5-21-20(23-14-19-25-24-16-27(19)6-2)22-13-12-17(3)26(4)15-18-10-8-7-9-11-18/h7-11,16-17H,5-6,12-15H2,1-4H3,(H2,21,22,23). The predicted molar refractivity (Wildman–Crippen MR) is 111 cm³/mol. The smallest absolute Gasteiger partial charge is 0.191 e. The van der Waals surface area contributed by atoms with Crippen LogP contribution in [0, 0.1) is 0 Å². The van der Waals surface area contributed by atoms with Crippen LogP contribution in [0.1, 0.15) is 38.6 Å². The van der Waals surface area contributed by atoms with Crippen molar-refractivity contribution in [3.8, 4) is 0 Å². The normalized spacial score (nSPS) is 13.0. The molecular weight excluding hydrogens is 338 g/mol. The minimum Gasteiger partial charge on any atom is -0.357 e. The fourth-order valence-corrected chi connectivity index (χ4v) is 2.80. The van der Waals surface area contributed by atoms with Gasteiger partial charge in [0.15, 0.2) is 11.8 Å². The molecule has 7 heteroatoms. The number of aryl methyl sites for hydroxylation is 1. The highest BCUT2D eigenvalue weighted by Crippen LogP contribution is 2.07. The summed E-state index contributed by atoms with van der Waals surface area (Å²) in [5.74, 6) is 1.70. The molecule has 0 fully saturated rings. The molecule has 2 N–H and O–H groups in total. The Hall–Kier alpha value is -2.41. The van der Waals surface area contributed by atoms with Crippen LogP contribution < -0.4 is 10.6 Å². The van der Waals surface area contributed by atoms with Gasteiger partial charge in [0.1, 0.15) is 12.9 Å². The van der Waals surface area contributed by atoms with Crippen molar-refractivity contribution in [2.75, 3.05) is 20.1 Å². The summed E-state index contributed by atoms with van der Waals surface area (Å²) in [7, 11) is 2.18. The first-order chi connectivity index (χ1) is 13.1. The Morgan fingerprint density at radius 3 is 2.70 bits per heavy atom. The van der Waals surface area contributed by atoms with Gasteiger partial charge in [0.25, 0.3) is 0 Å². The van der Waals surface area contributed by atoms with E-state index in [1.165, 1.54) is 5.56 Å². The van der Waals surface area contributed by atoms with Crippen molar-refractivity contribution in [3.63, 3.8) is 0 Å². The molecule has 0 radical (unpaired) electrons. The summed E-state index contributed by atoms with van der Waals surface area (Å²) in [6, 6.07) is 11.1. The second-order valence-electron chi connectivity index (χ2n) is 6.69. The third kappa shape index (κ3) is 7.02. The first kappa shape index (κ1) is 20.9. The van der Waals surface area contributed by atoms with Crippen LogP contribution in [-0.2, 0) is 19.6 Å². The molecule has 1 heterocycles. The maximum atomic E-state index is 4.63. The minimum atomic E-state index is 0.476. The zero-order chi connectivity index (χ0) is 19.5. The van der Waals surface area contributed by atoms with Crippen LogP contribution in [0.4, 0.5) is 0 Å². The van der Waals surface area contributed by atoms with Gasteiger partial charge < -0.3 is 15.2 Å². The zero-order valence-electron chi connectivity index (χ0n) is 17.0. The molecule has 2 rings (SSSR count). The first-order valence-electron chi connectivity index (χ1n) is 9.77. The molecule has 0 aliphatic heterocycles. The van der Waals surface area contributed by atoms with Crippen LogP contribution in [0.15, 0.2) is 41.7 Å². The molecule has 27 heavy (non-hydrogen) atoms. The maximum Gasteiger partial charge on any atom is 0.191 e. The molecule has 0 aliphatic rings. The molecule has 0 amide bonds. The van der Waals surface area contributed by atoms with Gasteiger partial charge in [-0.05, 0) is 39.8 Å². The fourth-order valence-electron chi connectivity index (χ4n) is 2.80. The second kappa shape index (κ2) is 11.3. The monoisotopic (exact) mass is 371 g/mol. The van der Waals surface area contributed by atoms with Gasteiger partial charge in [-0.1, -0.05) is 30.3 Å². The van der Waals surface area contributed by atoms with Gasteiger partial charge in [-0.25, -0.2) is 4.99 Å². The van der Waals surface area contributed by atoms with Crippen LogP contribution in [0.5, 0.6) is 0 Å². The summed E-state index contributed by atoms with van der Waals surface area (Å²) >= 11 is 0. The van der Waals surface area contributed by atoms with Crippen molar-refractivity contribution in [2.45, 2.75) is 52.9 Å². The average Bonchev–Trinajstić information content (AvgIpc) is 3.14. The van der Waals surface area contributed by atoms with E-state index >= 15 is 0 Å². The second-order valence-corrected chi connectivity index (χ2v) is 6.69.